The molecular formula is C20H17ClO5. The van der Waals surface area contributed by atoms with Crippen molar-refractivity contribution in [1.29, 1.82) is 0 Å². The number of ketones is 1. The zero-order chi connectivity index (χ0) is 18.7. The second-order valence-electron chi connectivity index (χ2n) is 5.98. The van der Waals surface area contributed by atoms with Crippen LogP contribution < -0.4 is 9.47 Å². The van der Waals surface area contributed by atoms with Crippen LogP contribution in [0.4, 0.5) is 0 Å². The number of fused-ring (bicyclic) bond motifs is 1. The van der Waals surface area contributed by atoms with Gasteiger partial charge in [0.15, 0.2) is 12.4 Å². The summed E-state index contributed by atoms with van der Waals surface area (Å²) in [5, 5.41) is 0.617. The van der Waals surface area contributed by atoms with Crippen molar-refractivity contribution in [2.24, 2.45) is 0 Å². The van der Waals surface area contributed by atoms with Gasteiger partial charge in [-0.3, -0.25) is 4.79 Å². The number of esters is 1. The van der Waals surface area contributed by atoms with Gasteiger partial charge in [-0.15, -0.1) is 0 Å². The number of hydrogen-bond acceptors (Lipinski definition) is 5. The zero-order valence-corrected chi connectivity index (χ0v) is 15.1. The molecule has 0 bridgehead atoms. The van der Waals surface area contributed by atoms with Gasteiger partial charge in [0.25, 0.3) is 0 Å². The van der Waals surface area contributed by atoms with Gasteiger partial charge in [0.2, 0.25) is 5.78 Å². The molecule has 6 heteroatoms. The lowest BCUT2D eigenvalue weighted by Crippen LogP contribution is -2.18. The van der Waals surface area contributed by atoms with Crippen LogP contribution in [0, 0.1) is 0 Å². The highest BCUT2D eigenvalue weighted by Crippen LogP contribution is 2.35. The number of carbonyl (C=O) groups is 2. The first-order valence-electron chi connectivity index (χ1n) is 8.08. The maximum atomic E-state index is 12.4. The maximum Gasteiger partial charge on any atom is 0.344 e. The summed E-state index contributed by atoms with van der Waals surface area (Å²) in [6.07, 6.45) is 1.45. The van der Waals surface area contributed by atoms with Crippen molar-refractivity contribution in [3.63, 3.8) is 0 Å². The van der Waals surface area contributed by atoms with E-state index < -0.39 is 5.97 Å². The molecule has 1 heterocycles. The number of halogens is 1. The lowest BCUT2D eigenvalue weighted by Gasteiger charge is -2.09. The van der Waals surface area contributed by atoms with E-state index in [4.69, 9.17) is 25.8 Å². The van der Waals surface area contributed by atoms with E-state index in [1.165, 1.54) is 0 Å². The highest BCUT2D eigenvalue weighted by molar-refractivity contribution is 6.30. The van der Waals surface area contributed by atoms with Gasteiger partial charge in [-0.1, -0.05) is 23.7 Å². The van der Waals surface area contributed by atoms with Crippen LogP contribution in [0.2, 0.25) is 5.02 Å². The van der Waals surface area contributed by atoms with E-state index in [0.717, 1.165) is 5.56 Å². The molecule has 0 aromatic heterocycles. The summed E-state index contributed by atoms with van der Waals surface area (Å²) in [6, 6.07) is 11.9. The number of ether oxygens (including phenoxy) is 3. The Morgan fingerprint density at radius 3 is 2.62 bits per heavy atom. The molecule has 0 saturated carbocycles. The fraction of sp³-hybridized carbons (Fsp3) is 0.200. The second kappa shape index (κ2) is 7.62. The lowest BCUT2D eigenvalue weighted by atomic mass is 10.1. The molecule has 0 aliphatic carbocycles. The van der Waals surface area contributed by atoms with Crippen molar-refractivity contribution in [2.75, 3.05) is 6.61 Å². The molecule has 1 aliphatic rings. The molecule has 0 atom stereocenters. The number of Topliss-reactive ketones (excluding diaryl/α,β-unsaturated/α-hetero) is 1. The monoisotopic (exact) mass is 372 g/mol. The molecule has 0 spiro atoms. The molecule has 26 heavy (non-hydrogen) atoms. The minimum atomic E-state index is -0.458. The normalized spacial score (nSPS) is 14.3. The van der Waals surface area contributed by atoms with Crippen molar-refractivity contribution >= 4 is 29.4 Å². The first-order chi connectivity index (χ1) is 12.4. The fourth-order valence-corrected chi connectivity index (χ4v) is 2.53. The number of allylic oxidation sites excluding steroid dienone is 1. The van der Waals surface area contributed by atoms with Crippen LogP contribution in [-0.2, 0) is 9.53 Å². The van der Waals surface area contributed by atoms with Gasteiger partial charge in [-0.2, -0.15) is 0 Å². The summed E-state index contributed by atoms with van der Waals surface area (Å²) in [4.78, 5) is 24.0. The predicted molar refractivity (Wildman–Crippen MR) is 97.6 cm³/mol. The van der Waals surface area contributed by atoms with Crippen LogP contribution in [0.25, 0.3) is 6.08 Å². The molecule has 0 amide bonds. The first-order valence-corrected chi connectivity index (χ1v) is 8.46. The highest BCUT2D eigenvalue weighted by Gasteiger charge is 2.27. The fourth-order valence-electron chi connectivity index (χ4n) is 2.41. The van der Waals surface area contributed by atoms with Crippen LogP contribution >= 0.6 is 11.6 Å². The number of benzene rings is 2. The molecule has 0 fully saturated rings. The van der Waals surface area contributed by atoms with Crippen LogP contribution in [0.15, 0.2) is 48.2 Å². The van der Waals surface area contributed by atoms with Gasteiger partial charge >= 0.3 is 5.97 Å². The molecule has 0 N–H and O–H groups in total. The zero-order valence-electron chi connectivity index (χ0n) is 14.3. The Morgan fingerprint density at radius 1 is 1.19 bits per heavy atom. The number of rotatable bonds is 5. The van der Waals surface area contributed by atoms with Gasteiger partial charge in [-0.25, -0.2) is 4.79 Å². The Balaban J connectivity index is 1.72. The Kier molecular flexibility index (Phi) is 5.28. The third-order valence-electron chi connectivity index (χ3n) is 3.53. The minimum absolute atomic E-state index is 0.201. The van der Waals surface area contributed by atoms with E-state index in [2.05, 4.69) is 0 Å². The summed E-state index contributed by atoms with van der Waals surface area (Å²) < 4.78 is 16.0. The Morgan fingerprint density at radius 2 is 1.92 bits per heavy atom. The molecule has 134 valence electrons. The summed E-state index contributed by atoms with van der Waals surface area (Å²) in [5.41, 5.74) is 1.25. The lowest BCUT2D eigenvalue weighted by molar-refractivity contribution is -0.149. The molecule has 3 rings (SSSR count). The molecule has 5 nitrogen and oxygen atoms in total. The van der Waals surface area contributed by atoms with Gasteiger partial charge in [0.1, 0.15) is 11.5 Å². The number of carbonyl (C=O) groups excluding carboxylic acids is 2. The molecule has 0 radical (unpaired) electrons. The topological polar surface area (TPSA) is 61.8 Å². The average Bonchev–Trinajstić information content (AvgIpc) is 2.90. The van der Waals surface area contributed by atoms with E-state index in [1.54, 1.807) is 62.4 Å². The summed E-state index contributed by atoms with van der Waals surface area (Å²) in [7, 11) is 0. The van der Waals surface area contributed by atoms with Crippen LogP contribution in [0.3, 0.4) is 0 Å². The van der Waals surface area contributed by atoms with E-state index in [9.17, 15) is 9.59 Å². The SMILES string of the molecule is CC(C)OC(=O)COc1ccc2c(c1)OC(=Cc1ccc(Cl)cc1)C2=O. The molecular weight excluding hydrogens is 356 g/mol. The Labute approximate surface area is 156 Å². The number of hydrogen-bond donors (Lipinski definition) is 0. The van der Waals surface area contributed by atoms with Crippen molar-refractivity contribution < 1.29 is 23.8 Å². The third-order valence-corrected chi connectivity index (χ3v) is 3.78. The van der Waals surface area contributed by atoms with Crippen LogP contribution in [0.1, 0.15) is 29.8 Å². The largest absolute Gasteiger partial charge is 0.482 e. The highest BCUT2D eigenvalue weighted by atomic mass is 35.5. The second-order valence-corrected chi connectivity index (χ2v) is 6.41. The average molecular weight is 373 g/mol. The molecule has 2 aromatic rings. The van der Waals surface area contributed by atoms with Gasteiger partial charge < -0.3 is 14.2 Å². The van der Waals surface area contributed by atoms with Gasteiger partial charge in [0.05, 0.1) is 11.7 Å². The molecule has 0 saturated heterocycles. The van der Waals surface area contributed by atoms with Gasteiger partial charge in [-0.05, 0) is 49.8 Å². The molecule has 0 unspecified atom stereocenters. The smallest absolute Gasteiger partial charge is 0.344 e. The van der Waals surface area contributed by atoms with E-state index >= 15 is 0 Å². The van der Waals surface area contributed by atoms with Crippen molar-refractivity contribution in [2.45, 2.75) is 20.0 Å². The summed E-state index contributed by atoms with van der Waals surface area (Å²) in [5.74, 6) is 0.371. The van der Waals surface area contributed by atoms with E-state index in [1.807, 2.05) is 0 Å². The quantitative estimate of drug-likeness (QED) is 0.579. The van der Waals surface area contributed by atoms with Crippen LogP contribution in [0.5, 0.6) is 11.5 Å². The van der Waals surface area contributed by atoms with Crippen LogP contribution in [-0.4, -0.2) is 24.5 Å². The predicted octanol–water partition coefficient (Wildman–Crippen LogP) is 4.29. The van der Waals surface area contributed by atoms with Crippen molar-refractivity contribution in [3.8, 4) is 11.5 Å². The van der Waals surface area contributed by atoms with Gasteiger partial charge in [0, 0.05) is 11.1 Å². The molecule has 1 aliphatic heterocycles. The maximum absolute atomic E-state index is 12.4. The van der Waals surface area contributed by atoms with Crippen molar-refractivity contribution in [3.05, 3.63) is 64.4 Å². The van der Waals surface area contributed by atoms with Crippen molar-refractivity contribution in [1.82, 2.24) is 0 Å². The summed E-state index contributed by atoms with van der Waals surface area (Å²) >= 11 is 5.86. The molecule has 2 aromatic carbocycles. The third kappa shape index (κ3) is 4.24. The standard InChI is InChI=1S/C20H17ClO5/c1-12(2)25-19(22)11-24-15-7-8-16-17(10-15)26-18(20(16)23)9-13-3-5-14(21)6-4-13/h3-10,12H,11H2,1-2H3. The minimum Gasteiger partial charge on any atom is -0.482 e. The van der Waals surface area contributed by atoms with E-state index in [0.29, 0.717) is 22.1 Å². The Bertz CT molecular complexity index is 868. The first kappa shape index (κ1) is 18.0. The van der Waals surface area contributed by atoms with E-state index in [-0.39, 0.29) is 24.3 Å². The summed E-state index contributed by atoms with van der Waals surface area (Å²) in [6.45, 7) is 3.32. The Hall–Kier alpha value is -2.79.